The molecule has 0 radical (unpaired) electrons. The van der Waals surface area contributed by atoms with Crippen LogP contribution in [-0.4, -0.2) is 16.7 Å². The molecule has 144 valence electrons. The van der Waals surface area contributed by atoms with Gasteiger partial charge in [0.25, 0.3) is 0 Å². The van der Waals surface area contributed by atoms with Crippen LogP contribution in [0.3, 0.4) is 0 Å². The van der Waals surface area contributed by atoms with Crippen LogP contribution in [0, 0.1) is 27.7 Å². The highest BCUT2D eigenvalue weighted by atomic mass is 32.1. The van der Waals surface area contributed by atoms with Gasteiger partial charge in [0.1, 0.15) is 0 Å². The summed E-state index contributed by atoms with van der Waals surface area (Å²) in [7, 11) is 0. The zero-order valence-corrected chi connectivity index (χ0v) is 18.2. The molecule has 0 saturated carbocycles. The Bertz CT molecular complexity index is 1080. The van der Waals surface area contributed by atoms with Crippen molar-refractivity contribution in [3.05, 3.63) is 67.9 Å². The average Bonchev–Trinajstić information content (AvgIpc) is 3.22. The lowest BCUT2D eigenvalue weighted by Gasteiger charge is -2.21. The van der Waals surface area contributed by atoms with Crippen LogP contribution in [-0.2, 0) is 4.79 Å². The monoisotopic (exact) mass is 410 g/mol. The molecule has 1 aromatic carbocycles. The molecule has 0 fully saturated rings. The highest BCUT2D eigenvalue weighted by Gasteiger charge is 2.20. The van der Waals surface area contributed by atoms with Gasteiger partial charge in [-0.25, -0.2) is 4.98 Å². The van der Waals surface area contributed by atoms with Crippen molar-refractivity contribution in [3.8, 4) is 0 Å². The Labute approximate surface area is 173 Å². The van der Waals surface area contributed by atoms with E-state index < -0.39 is 0 Å². The lowest BCUT2D eigenvalue weighted by Crippen LogP contribution is -2.23. The van der Waals surface area contributed by atoms with Gasteiger partial charge in [-0.15, -0.1) is 22.7 Å². The third-order valence-electron chi connectivity index (χ3n) is 4.54. The predicted molar refractivity (Wildman–Crippen MR) is 118 cm³/mol. The van der Waals surface area contributed by atoms with Gasteiger partial charge in [0.05, 0.1) is 11.4 Å². The Hall–Kier alpha value is -2.57. The molecule has 28 heavy (non-hydrogen) atoms. The number of hydrogen-bond donors (Lipinski definition) is 0. The fraction of sp³-hybridized carbons (Fsp3) is 0.227. The van der Waals surface area contributed by atoms with E-state index in [-0.39, 0.29) is 11.7 Å². The summed E-state index contributed by atoms with van der Waals surface area (Å²) in [5.74, 6) is -0.131. The molecular formula is C22H22N2O2S2. The maximum absolute atomic E-state index is 12.4. The van der Waals surface area contributed by atoms with Crippen LogP contribution in [0.5, 0.6) is 0 Å². The Kier molecular flexibility index (Phi) is 5.91. The van der Waals surface area contributed by atoms with E-state index in [1.54, 1.807) is 28.4 Å². The number of thiophene rings is 1. The summed E-state index contributed by atoms with van der Waals surface area (Å²) in [6, 6.07) is 7.79. The summed E-state index contributed by atoms with van der Waals surface area (Å²) >= 11 is 3.00. The van der Waals surface area contributed by atoms with E-state index in [4.69, 9.17) is 0 Å². The molecule has 0 saturated heterocycles. The average molecular weight is 411 g/mol. The van der Waals surface area contributed by atoms with Gasteiger partial charge in [-0.1, -0.05) is 12.1 Å². The van der Waals surface area contributed by atoms with Crippen molar-refractivity contribution < 1.29 is 9.59 Å². The molecule has 0 aliphatic rings. The highest BCUT2D eigenvalue weighted by molar-refractivity contribution is 7.14. The van der Waals surface area contributed by atoms with E-state index in [1.807, 2.05) is 57.3 Å². The van der Waals surface area contributed by atoms with Crippen molar-refractivity contribution in [3.63, 3.8) is 0 Å². The minimum atomic E-state index is -0.0981. The lowest BCUT2D eigenvalue weighted by atomic mass is 10.1. The summed E-state index contributed by atoms with van der Waals surface area (Å²) in [4.78, 5) is 33.1. The summed E-state index contributed by atoms with van der Waals surface area (Å²) in [6.07, 6.45) is 3.25. The third kappa shape index (κ3) is 4.13. The number of carbonyl (C=O) groups excluding carboxylic acids is 2. The minimum absolute atomic E-state index is 0.0330. The molecule has 0 spiro atoms. The molecule has 0 unspecified atom stereocenters. The molecule has 3 aromatic rings. The molecule has 4 nitrogen and oxygen atoms in total. The van der Waals surface area contributed by atoms with E-state index in [9.17, 15) is 9.59 Å². The smallest absolute Gasteiger partial charge is 0.230 e. The molecular weight excluding hydrogens is 388 g/mol. The number of anilines is 2. The standard InChI is InChI=1S/C22H22N2O2S2/c1-13-7-6-8-20(15(13)3)24(17(5)25)22-23-18(12-27-22)9-10-21(26)19-11-14(2)28-16(19)4/h6-12H,1-5H3. The maximum Gasteiger partial charge on any atom is 0.230 e. The minimum Gasteiger partial charge on any atom is -0.289 e. The number of hydrogen-bond acceptors (Lipinski definition) is 5. The topological polar surface area (TPSA) is 50.3 Å². The van der Waals surface area contributed by atoms with Crippen LogP contribution in [0.25, 0.3) is 6.08 Å². The molecule has 0 atom stereocenters. The van der Waals surface area contributed by atoms with Gasteiger partial charge >= 0.3 is 0 Å². The number of allylic oxidation sites excluding steroid dienone is 1. The van der Waals surface area contributed by atoms with Crippen molar-refractivity contribution in [2.45, 2.75) is 34.6 Å². The van der Waals surface area contributed by atoms with Gasteiger partial charge in [0.15, 0.2) is 10.9 Å². The molecule has 0 aliphatic carbocycles. The van der Waals surface area contributed by atoms with E-state index in [1.165, 1.54) is 18.3 Å². The fourth-order valence-corrected chi connectivity index (χ4v) is 4.74. The largest absolute Gasteiger partial charge is 0.289 e. The van der Waals surface area contributed by atoms with E-state index in [2.05, 4.69) is 4.98 Å². The van der Waals surface area contributed by atoms with Gasteiger partial charge in [-0.05, 0) is 63.1 Å². The number of amides is 1. The van der Waals surface area contributed by atoms with Crippen LogP contribution in [0.2, 0.25) is 0 Å². The summed E-state index contributed by atoms with van der Waals surface area (Å²) in [5.41, 5.74) is 4.39. The molecule has 0 aliphatic heterocycles. The van der Waals surface area contributed by atoms with Crippen molar-refractivity contribution in [2.75, 3.05) is 4.90 Å². The molecule has 0 bridgehead atoms. The second-order valence-corrected chi connectivity index (χ2v) is 8.95. The number of thiazole rings is 1. The first kappa shape index (κ1) is 20.2. The SMILES string of the molecule is CC(=O)N(c1nc(C=CC(=O)c2cc(C)sc2C)cs1)c1cccc(C)c1C. The molecule has 6 heteroatoms. The number of ketones is 1. The summed E-state index contributed by atoms with van der Waals surface area (Å²) in [6.45, 7) is 9.50. The molecule has 2 aromatic heterocycles. The number of aromatic nitrogens is 1. The number of carbonyl (C=O) groups is 2. The zero-order valence-electron chi connectivity index (χ0n) is 16.6. The first-order chi connectivity index (χ1) is 13.3. The van der Waals surface area contributed by atoms with Gasteiger partial charge in [0, 0.05) is 27.6 Å². The Morgan fingerprint density at radius 3 is 2.54 bits per heavy atom. The van der Waals surface area contributed by atoms with Crippen LogP contribution >= 0.6 is 22.7 Å². The van der Waals surface area contributed by atoms with Crippen LogP contribution < -0.4 is 4.90 Å². The van der Waals surface area contributed by atoms with Gasteiger partial charge < -0.3 is 0 Å². The lowest BCUT2D eigenvalue weighted by molar-refractivity contribution is -0.115. The normalized spacial score (nSPS) is 11.2. The van der Waals surface area contributed by atoms with Crippen molar-refractivity contribution >= 4 is 51.3 Å². The van der Waals surface area contributed by atoms with Crippen LogP contribution in [0.15, 0.2) is 35.7 Å². The Balaban J connectivity index is 1.87. The summed E-state index contributed by atoms with van der Waals surface area (Å²) < 4.78 is 0. The van der Waals surface area contributed by atoms with Crippen LogP contribution in [0.1, 0.15) is 43.9 Å². The first-order valence-corrected chi connectivity index (χ1v) is 10.6. The third-order valence-corrected chi connectivity index (χ3v) is 6.35. The molecule has 1 amide bonds. The Morgan fingerprint density at radius 1 is 1.14 bits per heavy atom. The maximum atomic E-state index is 12.4. The highest BCUT2D eigenvalue weighted by Crippen LogP contribution is 2.32. The van der Waals surface area contributed by atoms with Gasteiger partial charge in [0.2, 0.25) is 5.91 Å². The van der Waals surface area contributed by atoms with E-state index in [0.29, 0.717) is 10.8 Å². The van der Waals surface area contributed by atoms with Gasteiger partial charge in [-0.2, -0.15) is 0 Å². The van der Waals surface area contributed by atoms with E-state index >= 15 is 0 Å². The number of rotatable bonds is 5. The first-order valence-electron chi connectivity index (χ1n) is 8.90. The molecule has 2 heterocycles. The van der Waals surface area contributed by atoms with Gasteiger partial charge in [-0.3, -0.25) is 14.5 Å². The molecule has 3 rings (SSSR count). The van der Waals surface area contributed by atoms with Crippen molar-refractivity contribution in [1.82, 2.24) is 4.98 Å². The second-order valence-electron chi connectivity index (χ2n) is 6.65. The number of aryl methyl sites for hydroxylation is 3. The number of benzene rings is 1. The van der Waals surface area contributed by atoms with E-state index in [0.717, 1.165) is 32.1 Å². The second kappa shape index (κ2) is 8.20. The Morgan fingerprint density at radius 2 is 1.89 bits per heavy atom. The van der Waals surface area contributed by atoms with Crippen LogP contribution in [0.4, 0.5) is 10.8 Å². The fourth-order valence-electron chi connectivity index (χ4n) is 2.97. The quantitative estimate of drug-likeness (QED) is 0.382. The predicted octanol–water partition coefficient (Wildman–Crippen LogP) is 6.02. The summed E-state index contributed by atoms with van der Waals surface area (Å²) in [5, 5.41) is 2.45. The molecule has 0 N–H and O–H groups in total. The van der Waals surface area contributed by atoms with Crippen molar-refractivity contribution in [2.24, 2.45) is 0 Å². The van der Waals surface area contributed by atoms with Crippen molar-refractivity contribution in [1.29, 1.82) is 0 Å². The zero-order chi connectivity index (χ0) is 20.4. The number of nitrogens with zero attached hydrogens (tertiary/aromatic N) is 2.